The van der Waals surface area contributed by atoms with Gasteiger partial charge in [0, 0.05) is 61.6 Å². The van der Waals surface area contributed by atoms with E-state index in [9.17, 15) is 18.0 Å². The molecule has 0 spiro atoms. The van der Waals surface area contributed by atoms with Crippen molar-refractivity contribution < 1.29 is 26.8 Å². The summed E-state index contributed by atoms with van der Waals surface area (Å²) in [4.78, 5) is 56.7. The normalized spacial score (nSPS) is 11.1. The topological polar surface area (TPSA) is 322 Å². The van der Waals surface area contributed by atoms with Crippen molar-refractivity contribution in [3.8, 4) is 23.2 Å². The van der Waals surface area contributed by atoms with Crippen LogP contribution in [0.25, 0.3) is 34.7 Å². The molecular weight excluding hydrogens is 917 g/mol. The molecule has 0 aliphatic carbocycles. The molecule has 0 fully saturated rings. The monoisotopic (exact) mass is 960 g/mol. The zero-order valence-corrected chi connectivity index (χ0v) is 38.2. The number of rotatable bonds is 15. The number of pyridine rings is 2. The Bertz CT molecular complexity index is 3440. The fraction of sp³-hybridized carbons (Fsp3) is 0.149. The summed E-state index contributed by atoms with van der Waals surface area (Å²) in [5.74, 6) is 2.53. The molecule has 0 amide bonds. The molecular formula is C47H44N16O6S. The van der Waals surface area contributed by atoms with Crippen LogP contribution < -0.4 is 22.5 Å². The maximum Gasteiger partial charge on any atom is 0.259 e. The lowest BCUT2D eigenvalue weighted by Gasteiger charge is -2.07. The molecule has 7 N–H and O–H groups in total. The Morgan fingerprint density at radius 1 is 0.600 bits per heavy atom. The molecule has 0 bridgehead atoms. The van der Waals surface area contributed by atoms with Crippen LogP contribution in [0.5, 0.6) is 0 Å². The lowest BCUT2D eigenvalue weighted by molar-refractivity contribution is 0.0984. The van der Waals surface area contributed by atoms with Crippen LogP contribution in [0, 0.1) is 0 Å². The summed E-state index contributed by atoms with van der Waals surface area (Å²) in [6.45, 7) is 1.25. The predicted molar refractivity (Wildman–Crippen MR) is 257 cm³/mol. The van der Waals surface area contributed by atoms with Crippen molar-refractivity contribution >= 4 is 50.8 Å². The molecule has 2 aromatic carbocycles. The molecule has 0 saturated carbocycles. The first-order valence-corrected chi connectivity index (χ1v) is 23.3. The molecule has 10 rings (SSSR count). The highest BCUT2D eigenvalue weighted by molar-refractivity contribution is 7.90. The second-order valence-corrected chi connectivity index (χ2v) is 17.2. The minimum Gasteiger partial charge on any atom is -0.461 e. The molecule has 0 aliphatic rings. The lowest BCUT2D eigenvalue weighted by atomic mass is 10.0. The van der Waals surface area contributed by atoms with E-state index in [4.69, 9.17) is 26.0 Å². The number of fused-ring (bicyclic) bond motifs is 2. The summed E-state index contributed by atoms with van der Waals surface area (Å²) in [6, 6.07) is 30.0. The van der Waals surface area contributed by atoms with Gasteiger partial charge in [0.2, 0.25) is 39.3 Å². The number of ketones is 2. The largest absolute Gasteiger partial charge is 0.461 e. The van der Waals surface area contributed by atoms with E-state index >= 15 is 0 Å². The van der Waals surface area contributed by atoms with Gasteiger partial charge in [0.25, 0.3) is 16.7 Å². The zero-order valence-electron chi connectivity index (χ0n) is 37.4. The number of nitrogens with zero attached hydrogens (tertiary/aromatic N) is 12. The molecule has 0 unspecified atom stereocenters. The molecule has 0 aliphatic heterocycles. The van der Waals surface area contributed by atoms with E-state index in [1.165, 1.54) is 16.3 Å². The smallest absolute Gasteiger partial charge is 0.259 e. The lowest BCUT2D eigenvalue weighted by Crippen LogP contribution is -2.12. The molecule has 0 radical (unpaired) electrons. The predicted octanol–water partition coefficient (Wildman–Crippen LogP) is 4.61. The second kappa shape index (κ2) is 21.7. The molecule has 22 nitrogen and oxygen atoms in total. The minimum atomic E-state index is -3.57. The number of nitrogens with two attached hydrogens (primary N) is 3. The Morgan fingerprint density at radius 3 is 1.54 bits per heavy atom. The molecule has 8 aromatic heterocycles. The van der Waals surface area contributed by atoms with Gasteiger partial charge in [-0.05, 0) is 90.2 Å². The van der Waals surface area contributed by atoms with E-state index in [1.807, 2.05) is 48.5 Å². The van der Waals surface area contributed by atoms with Crippen molar-refractivity contribution in [2.75, 3.05) is 36.1 Å². The molecule has 8 heterocycles. The Balaban J connectivity index is 0.000000152. The van der Waals surface area contributed by atoms with Crippen LogP contribution in [0.15, 0.2) is 148 Å². The van der Waals surface area contributed by atoms with Gasteiger partial charge >= 0.3 is 0 Å². The van der Waals surface area contributed by atoms with E-state index in [1.54, 1.807) is 79.6 Å². The van der Waals surface area contributed by atoms with Gasteiger partial charge in [0.05, 0.1) is 12.5 Å². The fourth-order valence-corrected chi connectivity index (χ4v) is 7.13. The second-order valence-electron chi connectivity index (χ2n) is 15.3. The van der Waals surface area contributed by atoms with Gasteiger partial charge in [-0.15, -0.1) is 10.2 Å². The Labute approximate surface area is 399 Å². The summed E-state index contributed by atoms with van der Waals surface area (Å²) in [7, 11) is -3.57. The van der Waals surface area contributed by atoms with E-state index in [-0.39, 0.29) is 35.1 Å². The Hall–Kier alpha value is -9.09. The average molecular weight is 961 g/mol. The number of aromatic nitrogens is 12. The van der Waals surface area contributed by atoms with E-state index in [2.05, 4.69) is 55.4 Å². The molecule has 0 saturated heterocycles. The van der Waals surface area contributed by atoms with Crippen molar-refractivity contribution in [1.82, 2.24) is 59.1 Å². The van der Waals surface area contributed by atoms with Crippen LogP contribution in [0.4, 0.5) is 17.8 Å². The number of carbonyl (C=O) groups is 2. The highest BCUT2D eigenvalue weighted by Crippen LogP contribution is 2.20. The molecule has 10 aromatic rings. The van der Waals surface area contributed by atoms with Crippen LogP contribution in [0.1, 0.15) is 43.0 Å². The van der Waals surface area contributed by atoms with Crippen LogP contribution in [-0.4, -0.2) is 98.4 Å². The fourth-order valence-electron chi connectivity index (χ4n) is 6.62. The first-order valence-electron chi connectivity index (χ1n) is 21.4. The number of hydrogen-bond acceptors (Lipinski definition) is 20. The minimum absolute atomic E-state index is 0.0410. The van der Waals surface area contributed by atoms with Crippen molar-refractivity contribution in [2.24, 2.45) is 5.73 Å². The first kappa shape index (κ1) is 47.4. The van der Waals surface area contributed by atoms with Crippen LogP contribution in [-0.2, 0) is 35.5 Å². The number of anilines is 3. The molecule has 70 heavy (non-hydrogen) atoms. The van der Waals surface area contributed by atoms with Gasteiger partial charge in [-0.3, -0.25) is 19.6 Å². The van der Waals surface area contributed by atoms with Gasteiger partial charge in [-0.1, -0.05) is 48.5 Å². The van der Waals surface area contributed by atoms with Crippen molar-refractivity contribution in [1.29, 1.82) is 0 Å². The van der Waals surface area contributed by atoms with Crippen molar-refractivity contribution in [3.63, 3.8) is 0 Å². The van der Waals surface area contributed by atoms with E-state index in [0.717, 1.165) is 40.3 Å². The van der Waals surface area contributed by atoms with E-state index < -0.39 is 15.0 Å². The standard InChI is InChI=1S/C23H20N8O2.C15H16N2O.C9H8N6O3S/c24-21-28-22(29-23-27-20(30-31(21)23)19-4-2-12-33-19)26-11-9-15-5-7-16(8-6-15)13-18(32)17-3-1-10-25-14-17;16-8-7-12-3-5-13(6-4-12)10-15(18)14-2-1-9-17-11-14;1-19(16,17)9-12-7(10)15-8(13-9)11-6(14-15)5-3-2-4-18-5/h1-8,10,12,14H,9,11,13H2,(H3,24,26,27,28,29,30);1-6,9,11H,7-8,10,16H2;2-4H,1H3,(H2,10,11,12,13,14). The van der Waals surface area contributed by atoms with Gasteiger partial charge < -0.3 is 31.4 Å². The number of nitrogen functional groups attached to an aromatic ring is 2. The Morgan fingerprint density at radius 2 is 1.09 bits per heavy atom. The highest BCUT2D eigenvalue weighted by atomic mass is 32.2. The van der Waals surface area contributed by atoms with Crippen molar-refractivity contribution in [2.45, 2.75) is 30.8 Å². The quantitative estimate of drug-likeness (QED) is 0.102. The third-order valence-corrected chi connectivity index (χ3v) is 11.0. The van der Waals surface area contributed by atoms with Gasteiger partial charge in [-0.2, -0.15) is 38.9 Å². The number of benzene rings is 2. The third kappa shape index (κ3) is 12.1. The van der Waals surface area contributed by atoms with Gasteiger partial charge in [0.1, 0.15) is 0 Å². The number of furan rings is 2. The number of sulfone groups is 1. The summed E-state index contributed by atoms with van der Waals surface area (Å²) in [5.41, 5.74) is 22.7. The third-order valence-electron chi connectivity index (χ3n) is 10.1. The Kier molecular flexibility index (Phi) is 14.7. The van der Waals surface area contributed by atoms with Crippen LogP contribution in [0.2, 0.25) is 0 Å². The van der Waals surface area contributed by atoms with Crippen LogP contribution >= 0.6 is 0 Å². The maximum atomic E-state index is 12.3. The molecule has 0 atom stereocenters. The SMILES string of the molecule is CS(=O)(=O)c1nc(N)n2nc(-c3ccco3)nc2n1.NCCc1ccc(CC(=O)c2cccnc2)cc1.Nc1nc(NCCc2ccc(CC(=O)c3cccnc3)cc2)nc2nc(-c3ccco3)nn12. The summed E-state index contributed by atoms with van der Waals surface area (Å²) in [6.07, 6.45) is 12.9. The summed E-state index contributed by atoms with van der Waals surface area (Å²) < 4.78 is 35.8. The van der Waals surface area contributed by atoms with Gasteiger partial charge in [-0.25, -0.2) is 8.42 Å². The summed E-state index contributed by atoms with van der Waals surface area (Å²) >= 11 is 0. The van der Waals surface area contributed by atoms with Gasteiger partial charge in [0.15, 0.2) is 23.1 Å². The number of nitrogens with one attached hydrogen (secondary N) is 1. The van der Waals surface area contributed by atoms with Crippen molar-refractivity contribution in [3.05, 3.63) is 168 Å². The van der Waals surface area contributed by atoms with E-state index in [0.29, 0.717) is 66.1 Å². The summed E-state index contributed by atoms with van der Waals surface area (Å²) in [5, 5.41) is 11.1. The first-order chi connectivity index (χ1) is 33.9. The average Bonchev–Trinajstić information content (AvgIpc) is 4.22. The highest BCUT2D eigenvalue weighted by Gasteiger charge is 2.19. The maximum absolute atomic E-state index is 12.3. The number of hydrogen-bond donors (Lipinski definition) is 4. The number of carbonyl (C=O) groups excluding carboxylic acids is 2. The number of Topliss-reactive ketones (excluding diaryl/α,β-unsaturated/α-hetero) is 2. The molecule has 23 heteroatoms. The zero-order chi connectivity index (χ0) is 49.0. The molecule has 354 valence electrons. The van der Waals surface area contributed by atoms with Crippen LogP contribution in [0.3, 0.4) is 0 Å².